The van der Waals surface area contributed by atoms with E-state index in [0.29, 0.717) is 13.0 Å². The predicted octanol–water partition coefficient (Wildman–Crippen LogP) is 2.64. The van der Waals surface area contributed by atoms with Gasteiger partial charge in [0.25, 0.3) is 0 Å². The molecule has 84 valence electrons. The monoisotopic (exact) mass is 272 g/mol. The molecule has 0 fully saturated rings. The predicted molar refractivity (Wildman–Crippen MR) is 64.9 cm³/mol. The summed E-state index contributed by atoms with van der Waals surface area (Å²) in [6, 6.07) is 8.02. The topological polar surface area (TPSA) is 29.5 Å². The van der Waals surface area contributed by atoms with E-state index in [4.69, 9.17) is 4.74 Å². The number of aliphatic hydroxyl groups is 1. The molecule has 0 heterocycles. The molecule has 0 aliphatic heterocycles. The first-order chi connectivity index (χ1) is 7.13. The Morgan fingerprint density at radius 1 is 1.33 bits per heavy atom. The molecule has 0 radical (unpaired) electrons. The summed E-state index contributed by atoms with van der Waals surface area (Å²) in [7, 11) is 1.66. The third kappa shape index (κ3) is 4.33. The summed E-state index contributed by atoms with van der Waals surface area (Å²) < 4.78 is 6.07. The second-order valence-electron chi connectivity index (χ2n) is 3.83. The molecule has 2 atom stereocenters. The molecule has 1 N–H and O–H groups in total. The molecule has 1 aromatic rings. The second kappa shape index (κ2) is 6.26. The number of halogens is 1. The first-order valence-corrected chi connectivity index (χ1v) is 5.84. The Kier molecular flexibility index (Phi) is 5.29. The van der Waals surface area contributed by atoms with Gasteiger partial charge in [-0.3, -0.25) is 0 Å². The van der Waals surface area contributed by atoms with Gasteiger partial charge in [-0.2, -0.15) is 0 Å². The van der Waals surface area contributed by atoms with Gasteiger partial charge in [-0.1, -0.05) is 35.0 Å². The van der Waals surface area contributed by atoms with Crippen LogP contribution in [0.4, 0.5) is 0 Å². The van der Waals surface area contributed by atoms with Crippen LogP contribution in [0.15, 0.2) is 28.7 Å². The maximum atomic E-state index is 9.88. The Hall–Kier alpha value is -0.380. The van der Waals surface area contributed by atoms with Crippen molar-refractivity contribution < 1.29 is 9.84 Å². The molecular weight excluding hydrogens is 256 g/mol. The molecule has 0 bridgehead atoms. The van der Waals surface area contributed by atoms with E-state index >= 15 is 0 Å². The standard InChI is InChI=1S/C12H17BrO2/c1-9(8-15-2)12(14)7-10-3-5-11(13)6-4-10/h3-6,9,12,14H,7-8H2,1-2H3. The summed E-state index contributed by atoms with van der Waals surface area (Å²) in [5, 5.41) is 9.88. The van der Waals surface area contributed by atoms with Crippen molar-refractivity contribution in [2.75, 3.05) is 13.7 Å². The largest absolute Gasteiger partial charge is 0.392 e. The van der Waals surface area contributed by atoms with Crippen molar-refractivity contribution in [3.63, 3.8) is 0 Å². The number of hydrogen-bond donors (Lipinski definition) is 1. The molecule has 0 spiro atoms. The average Bonchev–Trinajstić information content (AvgIpc) is 2.22. The normalized spacial score (nSPS) is 14.9. The van der Waals surface area contributed by atoms with Crippen LogP contribution in [-0.2, 0) is 11.2 Å². The highest BCUT2D eigenvalue weighted by Crippen LogP contribution is 2.14. The fraction of sp³-hybridized carbons (Fsp3) is 0.500. The van der Waals surface area contributed by atoms with Gasteiger partial charge in [-0.05, 0) is 24.1 Å². The van der Waals surface area contributed by atoms with Gasteiger partial charge in [-0.25, -0.2) is 0 Å². The number of rotatable bonds is 5. The summed E-state index contributed by atoms with van der Waals surface area (Å²) in [4.78, 5) is 0. The molecule has 3 heteroatoms. The van der Waals surface area contributed by atoms with Gasteiger partial charge >= 0.3 is 0 Å². The van der Waals surface area contributed by atoms with Crippen molar-refractivity contribution in [3.05, 3.63) is 34.3 Å². The molecule has 0 aliphatic carbocycles. The molecule has 0 amide bonds. The zero-order chi connectivity index (χ0) is 11.3. The van der Waals surface area contributed by atoms with Gasteiger partial charge in [0.15, 0.2) is 0 Å². The molecule has 0 saturated carbocycles. The smallest absolute Gasteiger partial charge is 0.0628 e. The highest BCUT2D eigenvalue weighted by Gasteiger charge is 2.14. The first kappa shape index (κ1) is 12.7. The van der Waals surface area contributed by atoms with Crippen molar-refractivity contribution in [2.24, 2.45) is 5.92 Å². The zero-order valence-corrected chi connectivity index (χ0v) is 10.7. The van der Waals surface area contributed by atoms with Crippen LogP contribution in [0.25, 0.3) is 0 Å². The summed E-state index contributed by atoms with van der Waals surface area (Å²) >= 11 is 3.38. The minimum absolute atomic E-state index is 0.165. The highest BCUT2D eigenvalue weighted by atomic mass is 79.9. The highest BCUT2D eigenvalue weighted by molar-refractivity contribution is 9.10. The lowest BCUT2D eigenvalue weighted by Crippen LogP contribution is -2.24. The van der Waals surface area contributed by atoms with Crippen molar-refractivity contribution >= 4 is 15.9 Å². The molecule has 1 aromatic carbocycles. The minimum Gasteiger partial charge on any atom is -0.392 e. The Balaban J connectivity index is 2.50. The van der Waals surface area contributed by atoms with Crippen molar-refractivity contribution in [3.8, 4) is 0 Å². The van der Waals surface area contributed by atoms with E-state index in [1.807, 2.05) is 31.2 Å². The minimum atomic E-state index is -0.342. The van der Waals surface area contributed by atoms with Gasteiger partial charge in [0.05, 0.1) is 12.7 Å². The fourth-order valence-electron chi connectivity index (χ4n) is 1.44. The molecule has 15 heavy (non-hydrogen) atoms. The molecule has 1 rings (SSSR count). The maximum Gasteiger partial charge on any atom is 0.0628 e. The molecule has 2 unspecified atom stereocenters. The van der Waals surface area contributed by atoms with Crippen LogP contribution in [-0.4, -0.2) is 24.9 Å². The van der Waals surface area contributed by atoms with Crippen LogP contribution in [0, 0.1) is 5.92 Å². The lowest BCUT2D eigenvalue weighted by Gasteiger charge is -2.17. The molecule has 2 nitrogen and oxygen atoms in total. The third-order valence-corrected chi connectivity index (χ3v) is 2.97. The van der Waals surface area contributed by atoms with Gasteiger partial charge in [0, 0.05) is 17.5 Å². The Morgan fingerprint density at radius 2 is 1.93 bits per heavy atom. The summed E-state index contributed by atoms with van der Waals surface area (Å²) in [6.07, 6.45) is 0.337. The zero-order valence-electron chi connectivity index (χ0n) is 9.11. The van der Waals surface area contributed by atoms with Crippen molar-refractivity contribution in [2.45, 2.75) is 19.4 Å². The molecule has 0 aliphatic rings. The fourth-order valence-corrected chi connectivity index (χ4v) is 1.70. The number of hydrogen-bond acceptors (Lipinski definition) is 2. The van der Waals surface area contributed by atoms with E-state index in [2.05, 4.69) is 15.9 Å². The lowest BCUT2D eigenvalue weighted by atomic mass is 9.98. The van der Waals surface area contributed by atoms with Crippen molar-refractivity contribution in [1.82, 2.24) is 0 Å². The van der Waals surface area contributed by atoms with Crippen LogP contribution in [0.3, 0.4) is 0 Å². The van der Waals surface area contributed by atoms with Gasteiger partial charge < -0.3 is 9.84 Å². The van der Waals surface area contributed by atoms with E-state index in [1.165, 1.54) is 0 Å². The van der Waals surface area contributed by atoms with E-state index in [1.54, 1.807) is 7.11 Å². The van der Waals surface area contributed by atoms with Crippen LogP contribution in [0.5, 0.6) is 0 Å². The van der Waals surface area contributed by atoms with Crippen LogP contribution in [0.2, 0.25) is 0 Å². The van der Waals surface area contributed by atoms with E-state index in [0.717, 1.165) is 10.0 Å². The number of aliphatic hydroxyl groups excluding tert-OH is 1. The quantitative estimate of drug-likeness (QED) is 0.893. The number of methoxy groups -OCH3 is 1. The summed E-state index contributed by atoms with van der Waals surface area (Å²) in [5.74, 6) is 0.165. The summed E-state index contributed by atoms with van der Waals surface area (Å²) in [5.41, 5.74) is 1.15. The number of benzene rings is 1. The molecule has 0 saturated heterocycles. The summed E-state index contributed by atoms with van der Waals surface area (Å²) in [6.45, 7) is 2.59. The van der Waals surface area contributed by atoms with E-state index in [-0.39, 0.29) is 12.0 Å². The Morgan fingerprint density at radius 3 is 2.47 bits per heavy atom. The van der Waals surface area contributed by atoms with Gasteiger partial charge in [0.1, 0.15) is 0 Å². The van der Waals surface area contributed by atoms with Crippen LogP contribution < -0.4 is 0 Å². The van der Waals surface area contributed by atoms with E-state index in [9.17, 15) is 5.11 Å². The molecular formula is C12H17BrO2. The van der Waals surface area contributed by atoms with Gasteiger partial charge in [0.2, 0.25) is 0 Å². The third-order valence-electron chi connectivity index (χ3n) is 2.44. The van der Waals surface area contributed by atoms with Gasteiger partial charge in [-0.15, -0.1) is 0 Å². The van der Waals surface area contributed by atoms with E-state index < -0.39 is 0 Å². The maximum absolute atomic E-state index is 9.88. The average molecular weight is 273 g/mol. The van der Waals surface area contributed by atoms with Crippen molar-refractivity contribution in [1.29, 1.82) is 0 Å². The SMILES string of the molecule is COCC(C)C(O)Cc1ccc(Br)cc1. The molecule has 0 aromatic heterocycles. The number of ether oxygens (including phenoxy) is 1. The van der Waals surface area contributed by atoms with Crippen LogP contribution >= 0.6 is 15.9 Å². The first-order valence-electron chi connectivity index (χ1n) is 5.05. The Labute approximate surface area is 99.4 Å². The van der Waals surface area contributed by atoms with Crippen LogP contribution in [0.1, 0.15) is 12.5 Å². The second-order valence-corrected chi connectivity index (χ2v) is 4.75. The Bertz CT molecular complexity index is 284. The lowest BCUT2D eigenvalue weighted by molar-refractivity contribution is 0.0575.